The number of anilines is 1. The number of hydrogen-bond acceptors (Lipinski definition) is 2. The first-order valence-corrected chi connectivity index (χ1v) is 8.22. The first-order chi connectivity index (χ1) is 11.3. The number of benzene rings is 2. The SMILES string of the molecule is COc1ccc(NC(=O)NCC(C)(C)c2ccc(Cl)cc2)cc1Cl. The van der Waals surface area contributed by atoms with E-state index < -0.39 is 0 Å². The Morgan fingerprint density at radius 1 is 1.12 bits per heavy atom. The van der Waals surface area contributed by atoms with E-state index in [1.807, 2.05) is 24.3 Å². The lowest BCUT2D eigenvalue weighted by Gasteiger charge is -2.25. The third-order valence-electron chi connectivity index (χ3n) is 3.73. The maximum atomic E-state index is 12.1. The lowest BCUT2D eigenvalue weighted by atomic mass is 9.85. The predicted molar refractivity (Wildman–Crippen MR) is 99.5 cm³/mol. The largest absolute Gasteiger partial charge is 0.495 e. The van der Waals surface area contributed by atoms with E-state index in [-0.39, 0.29) is 11.4 Å². The predicted octanol–water partition coefficient (Wildman–Crippen LogP) is 5.10. The molecule has 0 bridgehead atoms. The van der Waals surface area contributed by atoms with Crippen LogP contribution in [0.3, 0.4) is 0 Å². The van der Waals surface area contributed by atoms with Gasteiger partial charge in [0.15, 0.2) is 0 Å². The highest BCUT2D eigenvalue weighted by Crippen LogP contribution is 2.27. The highest BCUT2D eigenvalue weighted by molar-refractivity contribution is 6.32. The molecule has 0 aliphatic heterocycles. The van der Waals surface area contributed by atoms with Gasteiger partial charge in [-0.05, 0) is 35.9 Å². The molecule has 6 heteroatoms. The number of hydrogen-bond donors (Lipinski definition) is 2. The summed E-state index contributed by atoms with van der Waals surface area (Å²) in [7, 11) is 1.54. The molecule has 2 amide bonds. The zero-order chi connectivity index (χ0) is 17.7. The van der Waals surface area contributed by atoms with E-state index in [9.17, 15) is 4.79 Å². The third kappa shape index (κ3) is 4.79. The highest BCUT2D eigenvalue weighted by Gasteiger charge is 2.21. The van der Waals surface area contributed by atoms with Crippen LogP contribution in [0.4, 0.5) is 10.5 Å². The molecule has 0 radical (unpaired) electrons. The van der Waals surface area contributed by atoms with Crippen LogP contribution in [0.5, 0.6) is 5.75 Å². The molecule has 2 rings (SSSR count). The van der Waals surface area contributed by atoms with Crippen molar-refractivity contribution < 1.29 is 9.53 Å². The zero-order valence-electron chi connectivity index (χ0n) is 13.8. The molecule has 128 valence electrons. The number of urea groups is 1. The Morgan fingerprint density at radius 3 is 2.38 bits per heavy atom. The van der Waals surface area contributed by atoms with Crippen molar-refractivity contribution in [3.8, 4) is 5.75 Å². The summed E-state index contributed by atoms with van der Waals surface area (Å²) in [4.78, 5) is 12.1. The first kappa shape index (κ1) is 18.4. The van der Waals surface area contributed by atoms with E-state index in [1.54, 1.807) is 25.3 Å². The van der Waals surface area contributed by atoms with Crippen molar-refractivity contribution in [1.29, 1.82) is 0 Å². The Morgan fingerprint density at radius 2 is 1.79 bits per heavy atom. The molecule has 0 fully saturated rings. The summed E-state index contributed by atoms with van der Waals surface area (Å²) >= 11 is 12.0. The Labute approximate surface area is 152 Å². The van der Waals surface area contributed by atoms with Crippen molar-refractivity contribution in [2.45, 2.75) is 19.3 Å². The molecule has 0 aliphatic carbocycles. The number of carbonyl (C=O) groups is 1. The van der Waals surface area contributed by atoms with Crippen LogP contribution in [0.25, 0.3) is 0 Å². The Kier molecular flexibility index (Phi) is 5.97. The lowest BCUT2D eigenvalue weighted by molar-refractivity contribution is 0.249. The number of nitrogens with one attached hydrogen (secondary N) is 2. The van der Waals surface area contributed by atoms with Gasteiger partial charge in [0.05, 0.1) is 12.1 Å². The van der Waals surface area contributed by atoms with Crippen LogP contribution in [0.1, 0.15) is 19.4 Å². The molecule has 2 N–H and O–H groups in total. The Balaban J connectivity index is 1.95. The molecule has 4 nitrogen and oxygen atoms in total. The summed E-state index contributed by atoms with van der Waals surface area (Å²) in [5.74, 6) is 0.562. The molecule has 0 saturated heterocycles. The fraction of sp³-hybridized carbons (Fsp3) is 0.278. The van der Waals surface area contributed by atoms with Crippen LogP contribution in [0, 0.1) is 0 Å². The molecule has 2 aromatic carbocycles. The maximum Gasteiger partial charge on any atom is 0.319 e. The van der Waals surface area contributed by atoms with Gasteiger partial charge in [0, 0.05) is 22.7 Å². The number of rotatable bonds is 5. The first-order valence-electron chi connectivity index (χ1n) is 7.46. The standard InChI is InChI=1S/C18H20Cl2N2O2/c1-18(2,12-4-6-13(19)7-5-12)11-21-17(23)22-14-8-9-16(24-3)15(20)10-14/h4-10H,11H2,1-3H3,(H2,21,22,23). The summed E-state index contributed by atoms with van der Waals surface area (Å²) in [5.41, 5.74) is 1.47. The van der Waals surface area contributed by atoms with Crippen molar-refractivity contribution in [3.63, 3.8) is 0 Å². The van der Waals surface area contributed by atoms with Crippen LogP contribution in [0.2, 0.25) is 10.0 Å². The van der Waals surface area contributed by atoms with Gasteiger partial charge in [-0.3, -0.25) is 0 Å². The van der Waals surface area contributed by atoms with E-state index >= 15 is 0 Å². The van der Waals surface area contributed by atoms with Crippen molar-refractivity contribution in [3.05, 3.63) is 58.1 Å². The monoisotopic (exact) mass is 366 g/mol. The fourth-order valence-corrected chi connectivity index (χ4v) is 2.61. The molecule has 0 aromatic heterocycles. The highest BCUT2D eigenvalue weighted by atomic mass is 35.5. The molecule has 2 aromatic rings. The van der Waals surface area contributed by atoms with Crippen LogP contribution in [-0.2, 0) is 5.41 Å². The third-order valence-corrected chi connectivity index (χ3v) is 4.27. The smallest absolute Gasteiger partial charge is 0.319 e. The maximum absolute atomic E-state index is 12.1. The fourth-order valence-electron chi connectivity index (χ4n) is 2.22. The van der Waals surface area contributed by atoms with Gasteiger partial charge in [0.2, 0.25) is 0 Å². The second-order valence-electron chi connectivity index (χ2n) is 6.05. The summed E-state index contributed by atoms with van der Waals surface area (Å²) in [6.45, 7) is 4.59. The van der Waals surface area contributed by atoms with E-state index in [0.717, 1.165) is 5.56 Å². The quantitative estimate of drug-likeness (QED) is 0.772. The molecule has 0 unspecified atom stereocenters. The van der Waals surface area contributed by atoms with Crippen molar-refractivity contribution in [2.75, 3.05) is 19.0 Å². The van der Waals surface area contributed by atoms with Crippen molar-refractivity contribution in [1.82, 2.24) is 5.32 Å². The van der Waals surface area contributed by atoms with Crippen molar-refractivity contribution >= 4 is 34.9 Å². The second-order valence-corrected chi connectivity index (χ2v) is 6.89. The summed E-state index contributed by atoms with van der Waals surface area (Å²) in [5, 5.41) is 6.76. The number of methoxy groups -OCH3 is 1. The number of carbonyl (C=O) groups excluding carboxylic acids is 1. The van der Waals surface area contributed by atoms with E-state index in [0.29, 0.717) is 28.0 Å². The second kappa shape index (κ2) is 7.77. The minimum Gasteiger partial charge on any atom is -0.495 e. The molecule has 0 atom stereocenters. The molecule has 0 aliphatic rings. The minimum absolute atomic E-state index is 0.223. The van der Waals surface area contributed by atoms with Crippen LogP contribution in [0.15, 0.2) is 42.5 Å². The zero-order valence-corrected chi connectivity index (χ0v) is 15.3. The number of amides is 2. The molecule has 0 spiro atoms. The average molecular weight is 367 g/mol. The average Bonchev–Trinajstić information content (AvgIpc) is 2.54. The van der Waals surface area contributed by atoms with Gasteiger partial charge in [0.25, 0.3) is 0 Å². The van der Waals surface area contributed by atoms with Gasteiger partial charge in [-0.1, -0.05) is 49.2 Å². The topological polar surface area (TPSA) is 50.4 Å². The molecule has 24 heavy (non-hydrogen) atoms. The summed E-state index contributed by atoms with van der Waals surface area (Å²) in [6.07, 6.45) is 0. The van der Waals surface area contributed by atoms with E-state index in [1.165, 1.54) is 0 Å². The molecular weight excluding hydrogens is 347 g/mol. The van der Waals surface area contributed by atoms with Crippen LogP contribution >= 0.6 is 23.2 Å². The van der Waals surface area contributed by atoms with Gasteiger partial charge in [-0.25, -0.2) is 4.79 Å². The summed E-state index contributed by atoms with van der Waals surface area (Å²) < 4.78 is 5.08. The van der Waals surface area contributed by atoms with Gasteiger partial charge < -0.3 is 15.4 Å². The normalized spacial score (nSPS) is 11.0. The van der Waals surface area contributed by atoms with Gasteiger partial charge in [-0.2, -0.15) is 0 Å². The number of halogens is 2. The van der Waals surface area contributed by atoms with Crippen molar-refractivity contribution in [2.24, 2.45) is 0 Å². The van der Waals surface area contributed by atoms with Gasteiger partial charge in [0.1, 0.15) is 5.75 Å². The van der Waals surface area contributed by atoms with E-state index in [2.05, 4.69) is 24.5 Å². The van der Waals surface area contributed by atoms with Gasteiger partial charge in [-0.15, -0.1) is 0 Å². The Hall–Kier alpha value is -1.91. The lowest BCUT2D eigenvalue weighted by Crippen LogP contribution is -2.38. The van der Waals surface area contributed by atoms with Crippen LogP contribution in [-0.4, -0.2) is 19.7 Å². The van der Waals surface area contributed by atoms with E-state index in [4.69, 9.17) is 27.9 Å². The molecule has 0 saturated carbocycles. The van der Waals surface area contributed by atoms with Crippen LogP contribution < -0.4 is 15.4 Å². The number of ether oxygens (including phenoxy) is 1. The van der Waals surface area contributed by atoms with Gasteiger partial charge >= 0.3 is 6.03 Å². The molecule has 0 heterocycles. The molecular formula is C18H20Cl2N2O2. The minimum atomic E-state index is -0.293. The Bertz CT molecular complexity index is 715. The summed E-state index contributed by atoms with van der Waals surface area (Å²) in [6, 6.07) is 12.4.